The molecule has 4 heteroatoms. The predicted octanol–water partition coefficient (Wildman–Crippen LogP) is 3.62. The van der Waals surface area contributed by atoms with Crippen LogP contribution < -0.4 is 5.32 Å². The average molecular weight is 289 g/mol. The summed E-state index contributed by atoms with van der Waals surface area (Å²) in [5.74, 6) is 0.0110. The first-order valence-corrected chi connectivity index (χ1v) is 7.26. The van der Waals surface area contributed by atoms with Crippen molar-refractivity contribution < 1.29 is 14.3 Å². The molecule has 0 spiro atoms. The Morgan fingerprint density at radius 3 is 2.62 bits per heavy atom. The van der Waals surface area contributed by atoms with Crippen LogP contribution in [0.2, 0.25) is 0 Å². The monoisotopic (exact) mass is 289 g/mol. The number of hydrogen-bond acceptors (Lipinski definition) is 3. The molecule has 4 nitrogen and oxygen atoms in total. The molecule has 1 aromatic carbocycles. The van der Waals surface area contributed by atoms with Crippen LogP contribution in [0.15, 0.2) is 42.5 Å². The van der Waals surface area contributed by atoms with Crippen molar-refractivity contribution in [3.8, 4) is 0 Å². The zero-order valence-electron chi connectivity index (χ0n) is 12.7. The van der Waals surface area contributed by atoms with Gasteiger partial charge in [0.1, 0.15) is 6.61 Å². The van der Waals surface area contributed by atoms with Crippen molar-refractivity contribution in [3.05, 3.63) is 48.0 Å². The third kappa shape index (κ3) is 7.92. The number of amides is 1. The van der Waals surface area contributed by atoms with E-state index in [0.717, 1.165) is 18.4 Å². The number of ether oxygens (including phenoxy) is 1. The first-order chi connectivity index (χ1) is 10.1. The zero-order valence-corrected chi connectivity index (χ0v) is 12.7. The fourth-order valence-electron chi connectivity index (χ4n) is 1.93. The molecule has 0 saturated carbocycles. The topological polar surface area (TPSA) is 55.4 Å². The van der Waals surface area contributed by atoms with Gasteiger partial charge in [-0.15, -0.1) is 0 Å². The Bertz CT molecular complexity index is 468. The summed E-state index contributed by atoms with van der Waals surface area (Å²) in [7, 11) is 0. The van der Waals surface area contributed by atoms with Gasteiger partial charge in [0.2, 0.25) is 0 Å². The first-order valence-electron chi connectivity index (χ1n) is 7.26. The van der Waals surface area contributed by atoms with Crippen LogP contribution in [0.3, 0.4) is 0 Å². The van der Waals surface area contributed by atoms with Crippen molar-refractivity contribution >= 4 is 11.9 Å². The Morgan fingerprint density at radius 2 is 2.00 bits per heavy atom. The molecule has 0 aromatic heterocycles. The van der Waals surface area contributed by atoms with Crippen LogP contribution in [0.1, 0.15) is 38.7 Å². The quantitative estimate of drug-likeness (QED) is 0.744. The molecule has 21 heavy (non-hydrogen) atoms. The van der Waals surface area contributed by atoms with Crippen LogP contribution in [0.5, 0.6) is 0 Å². The molecule has 1 atom stereocenters. The van der Waals surface area contributed by atoms with Crippen LogP contribution in [-0.4, -0.2) is 17.9 Å². The van der Waals surface area contributed by atoms with E-state index in [1.54, 1.807) is 6.08 Å². The molecule has 114 valence electrons. The number of ketones is 1. The van der Waals surface area contributed by atoms with Crippen molar-refractivity contribution in [2.24, 2.45) is 0 Å². The van der Waals surface area contributed by atoms with E-state index >= 15 is 0 Å². The Balaban J connectivity index is 2.39. The number of alkyl carbamates (subject to hydrolysis) is 1. The first kappa shape index (κ1) is 17.0. The highest BCUT2D eigenvalue weighted by atomic mass is 16.5. The maximum Gasteiger partial charge on any atom is 0.407 e. The van der Waals surface area contributed by atoms with E-state index in [9.17, 15) is 9.59 Å². The zero-order chi connectivity index (χ0) is 15.5. The number of hydrogen-bond donors (Lipinski definition) is 1. The summed E-state index contributed by atoms with van der Waals surface area (Å²) in [4.78, 5) is 22.6. The summed E-state index contributed by atoms with van der Waals surface area (Å²) in [6.45, 7) is 3.82. The van der Waals surface area contributed by atoms with Gasteiger partial charge in [0.25, 0.3) is 0 Å². The SMILES string of the molecule is CCC[C@@H](C/C=C/C(C)=O)NC(=O)OCc1ccccc1. The standard InChI is InChI=1S/C17H23NO3/c1-3-8-16(12-7-9-14(2)19)18-17(20)21-13-15-10-5-4-6-11-15/h4-7,9-11,16H,3,8,12-13H2,1-2H3,(H,18,20)/b9-7+/t16-/m0/s1. The molecule has 0 saturated heterocycles. The Kier molecular flexibility index (Phi) is 7.87. The molecule has 1 N–H and O–H groups in total. The largest absolute Gasteiger partial charge is 0.445 e. The van der Waals surface area contributed by atoms with Gasteiger partial charge in [-0.25, -0.2) is 4.79 Å². The van der Waals surface area contributed by atoms with Crippen LogP contribution in [0, 0.1) is 0 Å². The van der Waals surface area contributed by atoms with Gasteiger partial charge < -0.3 is 10.1 Å². The molecule has 1 rings (SSSR count). The number of nitrogens with one attached hydrogen (secondary N) is 1. The molecule has 1 amide bonds. The van der Waals surface area contributed by atoms with Crippen molar-refractivity contribution in [3.63, 3.8) is 0 Å². The molecule has 0 aliphatic carbocycles. The Labute approximate surface area is 126 Å². The molecule has 0 unspecified atom stereocenters. The van der Waals surface area contributed by atoms with Crippen LogP contribution in [-0.2, 0) is 16.1 Å². The Hall–Kier alpha value is -2.10. The normalized spacial score (nSPS) is 12.1. The lowest BCUT2D eigenvalue weighted by atomic mass is 10.1. The summed E-state index contributed by atoms with van der Waals surface area (Å²) in [5, 5.41) is 2.84. The Morgan fingerprint density at radius 1 is 1.29 bits per heavy atom. The van der Waals surface area contributed by atoms with Gasteiger partial charge in [-0.1, -0.05) is 49.8 Å². The highest BCUT2D eigenvalue weighted by Crippen LogP contribution is 2.05. The van der Waals surface area contributed by atoms with Gasteiger partial charge in [0.15, 0.2) is 5.78 Å². The average Bonchev–Trinajstić information content (AvgIpc) is 2.46. The minimum Gasteiger partial charge on any atom is -0.445 e. The van der Waals surface area contributed by atoms with E-state index in [1.807, 2.05) is 30.3 Å². The molecule has 1 aromatic rings. The number of benzene rings is 1. The molecule has 0 radical (unpaired) electrons. The number of allylic oxidation sites excluding steroid dienone is 1. The maximum absolute atomic E-state index is 11.8. The van der Waals surface area contributed by atoms with Crippen molar-refractivity contribution in [2.45, 2.75) is 45.8 Å². The summed E-state index contributed by atoms with van der Waals surface area (Å²) in [6, 6.07) is 9.54. The molecule has 0 fully saturated rings. The lowest BCUT2D eigenvalue weighted by Gasteiger charge is -2.16. The van der Waals surface area contributed by atoms with E-state index in [4.69, 9.17) is 4.74 Å². The lowest BCUT2D eigenvalue weighted by molar-refractivity contribution is -0.112. The molecule has 0 aliphatic rings. The summed E-state index contributed by atoms with van der Waals surface area (Å²) < 4.78 is 5.19. The maximum atomic E-state index is 11.8. The second kappa shape index (κ2) is 9.75. The molecule has 0 aliphatic heterocycles. The van der Waals surface area contributed by atoms with E-state index in [0.29, 0.717) is 6.42 Å². The number of rotatable bonds is 8. The minimum atomic E-state index is -0.423. The van der Waals surface area contributed by atoms with Gasteiger partial charge in [-0.2, -0.15) is 0 Å². The van der Waals surface area contributed by atoms with Gasteiger partial charge in [0.05, 0.1) is 0 Å². The van der Waals surface area contributed by atoms with Crippen LogP contribution in [0.25, 0.3) is 0 Å². The smallest absolute Gasteiger partial charge is 0.407 e. The number of carbonyl (C=O) groups excluding carboxylic acids is 2. The van der Waals surface area contributed by atoms with Crippen molar-refractivity contribution in [1.29, 1.82) is 0 Å². The second-order valence-electron chi connectivity index (χ2n) is 4.94. The minimum absolute atomic E-state index is 0.00567. The summed E-state index contributed by atoms with van der Waals surface area (Å²) >= 11 is 0. The van der Waals surface area contributed by atoms with E-state index in [1.165, 1.54) is 13.0 Å². The number of carbonyl (C=O) groups is 2. The predicted molar refractivity (Wildman–Crippen MR) is 82.9 cm³/mol. The van der Waals surface area contributed by atoms with Crippen LogP contribution in [0.4, 0.5) is 4.79 Å². The second-order valence-corrected chi connectivity index (χ2v) is 4.94. The fourth-order valence-corrected chi connectivity index (χ4v) is 1.93. The molecular formula is C17H23NO3. The van der Waals surface area contributed by atoms with Crippen molar-refractivity contribution in [1.82, 2.24) is 5.32 Å². The molecule has 0 bridgehead atoms. The van der Waals surface area contributed by atoms with Gasteiger partial charge in [-0.3, -0.25) is 4.79 Å². The summed E-state index contributed by atoms with van der Waals surface area (Å²) in [5.41, 5.74) is 0.955. The van der Waals surface area contributed by atoms with E-state index in [-0.39, 0.29) is 18.4 Å². The van der Waals surface area contributed by atoms with E-state index < -0.39 is 6.09 Å². The summed E-state index contributed by atoms with van der Waals surface area (Å²) in [6.07, 6.45) is 5.34. The molecule has 0 heterocycles. The highest BCUT2D eigenvalue weighted by molar-refractivity contribution is 5.87. The molecular weight excluding hydrogens is 266 g/mol. The van der Waals surface area contributed by atoms with Crippen LogP contribution >= 0.6 is 0 Å². The third-order valence-corrected chi connectivity index (χ3v) is 2.95. The highest BCUT2D eigenvalue weighted by Gasteiger charge is 2.11. The fraction of sp³-hybridized carbons (Fsp3) is 0.412. The third-order valence-electron chi connectivity index (χ3n) is 2.95. The van der Waals surface area contributed by atoms with Gasteiger partial charge in [0, 0.05) is 6.04 Å². The van der Waals surface area contributed by atoms with Gasteiger partial charge >= 0.3 is 6.09 Å². The van der Waals surface area contributed by atoms with E-state index in [2.05, 4.69) is 12.2 Å². The lowest BCUT2D eigenvalue weighted by Crippen LogP contribution is -2.34. The van der Waals surface area contributed by atoms with Crippen molar-refractivity contribution in [2.75, 3.05) is 0 Å². The van der Waals surface area contributed by atoms with Gasteiger partial charge in [-0.05, 0) is 31.4 Å².